The van der Waals surface area contributed by atoms with Crippen LogP contribution in [0.1, 0.15) is 12.5 Å². The zero-order valence-corrected chi connectivity index (χ0v) is 14.3. The van der Waals surface area contributed by atoms with Gasteiger partial charge < -0.3 is 10.6 Å². The number of halogens is 1. The van der Waals surface area contributed by atoms with E-state index in [1.54, 1.807) is 26.2 Å². The predicted molar refractivity (Wildman–Crippen MR) is 89.8 cm³/mol. The van der Waals surface area contributed by atoms with E-state index in [1.807, 2.05) is 6.07 Å². The van der Waals surface area contributed by atoms with Gasteiger partial charge in [-0.2, -0.15) is 0 Å². The van der Waals surface area contributed by atoms with Crippen molar-refractivity contribution in [2.45, 2.75) is 13.3 Å². The first-order chi connectivity index (χ1) is 10.5. The third-order valence-corrected chi connectivity index (χ3v) is 4.47. The Balaban J connectivity index is 2.24. The van der Waals surface area contributed by atoms with Gasteiger partial charge in [-0.15, -0.1) is 0 Å². The van der Waals surface area contributed by atoms with E-state index in [0.717, 1.165) is 12.0 Å². The van der Waals surface area contributed by atoms with Crippen molar-refractivity contribution in [2.24, 2.45) is 4.99 Å². The molecule has 9 heteroatoms. The van der Waals surface area contributed by atoms with Gasteiger partial charge in [0.05, 0.1) is 5.75 Å². The van der Waals surface area contributed by atoms with E-state index in [4.69, 9.17) is 11.6 Å². The summed E-state index contributed by atoms with van der Waals surface area (Å²) in [6.07, 6.45) is 2.52. The maximum Gasteiger partial charge on any atom is 0.211 e. The third-order valence-electron chi connectivity index (χ3n) is 2.84. The molecule has 0 fully saturated rings. The van der Waals surface area contributed by atoms with E-state index >= 15 is 0 Å². The summed E-state index contributed by atoms with van der Waals surface area (Å²) in [5.41, 5.74) is 1.07. The molecule has 0 saturated heterocycles. The zero-order chi connectivity index (χ0) is 16.4. The average Bonchev–Trinajstić information content (AvgIpc) is 2.51. The average molecular weight is 348 g/mol. The van der Waals surface area contributed by atoms with E-state index in [9.17, 15) is 8.42 Å². The van der Waals surface area contributed by atoms with E-state index in [1.165, 1.54) is 0 Å². The van der Waals surface area contributed by atoms with E-state index < -0.39 is 10.0 Å². The summed E-state index contributed by atoms with van der Waals surface area (Å²) in [7, 11) is -1.49. The molecule has 1 heterocycles. The van der Waals surface area contributed by atoms with Crippen LogP contribution in [-0.4, -0.2) is 51.8 Å². The number of pyridine rings is 1. The standard InChI is InChI=1S/C13H22ClN5O2S/c1-3-22(20,21)19-9-8-17-13(15-2)16-7-6-11-4-5-12(14)18-10-11/h4-5,10,19H,3,6-9H2,1-2H3,(H2,15,16,17). The van der Waals surface area contributed by atoms with Crippen molar-refractivity contribution in [2.75, 3.05) is 32.4 Å². The lowest BCUT2D eigenvalue weighted by molar-refractivity contribution is 0.582. The molecule has 0 spiro atoms. The first kappa shape index (κ1) is 18.7. The van der Waals surface area contributed by atoms with Crippen LogP contribution < -0.4 is 15.4 Å². The molecule has 1 aromatic heterocycles. The lowest BCUT2D eigenvalue weighted by Crippen LogP contribution is -2.42. The number of rotatable bonds is 8. The second-order valence-electron chi connectivity index (χ2n) is 4.46. The molecule has 0 amide bonds. The topological polar surface area (TPSA) is 95.5 Å². The minimum absolute atomic E-state index is 0.0785. The molecule has 7 nitrogen and oxygen atoms in total. The number of hydrogen-bond donors (Lipinski definition) is 3. The van der Waals surface area contributed by atoms with Gasteiger partial charge in [0.2, 0.25) is 10.0 Å². The number of aromatic nitrogens is 1. The van der Waals surface area contributed by atoms with Crippen LogP contribution in [-0.2, 0) is 16.4 Å². The lowest BCUT2D eigenvalue weighted by atomic mass is 10.2. The Hall–Kier alpha value is -1.38. The fraction of sp³-hybridized carbons (Fsp3) is 0.538. The molecule has 0 aliphatic heterocycles. The molecule has 0 aliphatic rings. The summed E-state index contributed by atoms with van der Waals surface area (Å²) < 4.78 is 25.0. The summed E-state index contributed by atoms with van der Waals surface area (Å²) in [6, 6.07) is 3.68. The van der Waals surface area contributed by atoms with Gasteiger partial charge in [0.25, 0.3) is 0 Å². The predicted octanol–water partition coefficient (Wildman–Crippen LogP) is 0.382. The van der Waals surface area contributed by atoms with Crippen LogP contribution in [0.4, 0.5) is 0 Å². The van der Waals surface area contributed by atoms with Gasteiger partial charge in [-0.05, 0) is 25.0 Å². The molecule has 0 aromatic carbocycles. The SMILES string of the molecule is CCS(=O)(=O)NCCNC(=NC)NCCc1ccc(Cl)nc1. The smallest absolute Gasteiger partial charge is 0.211 e. The molecule has 124 valence electrons. The van der Waals surface area contributed by atoms with Crippen molar-refractivity contribution in [3.8, 4) is 0 Å². The number of aliphatic imine (C=N–C) groups is 1. The molecule has 0 aliphatic carbocycles. The van der Waals surface area contributed by atoms with Crippen molar-refractivity contribution < 1.29 is 8.42 Å². The molecule has 0 unspecified atom stereocenters. The summed E-state index contributed by atoms with van der Waals surface area (Å²) in [5.74, 6) is 0.701. The first-order valence-corrected chi connectivity index (χ1v) is 9.02. The van der Waals surface area contributed by atoms with Crippen LogP contribution in [0.15, 0.2) is 23.3 Å². The molecule has 22 heavy (non-hydrogen) atoms. The number of hydrogen-bond acceptors (Lipinski definition) is 4. The van der Waals surface area contributed by atoms with E-state index in [2.05, 4.69) is 25.3 Å². The minimum atomic E-state index is -3.15. The fourth-order valence-corrected chi connectivity index (χ4v) is 2.32. The Morgan fingerprint density at radius 3 is 2.59 bits per heavy atom. The normalized spacial score (nSPS) is 12.2. The fourth-order valence-electron chi connectivity index (χ4n) is 1.59. The number of guanidine groups is 1. The molecule has 1 aromatic rings. The van der Waals surface area contributed by atoms with Crippen molar-refractivity contribution in [3.05, 3.63) is 29.0 Å². The van der Waals surface area contributed by atoms with Gasteiger partial charge in [-0.25, -0.2) is 18.1 Å². The third kappa shape index (κ3) is 7.58. The van der Waals surface area contributed by atoms with Gasteiger partial charge >= 0.3 is 0 Å². The van der Waals surface area contributed by atoms with E-state index in [0.29, 0.717) is 30.7 Å². The maximum absolute atomic E-state index is 11.3. The summed E-state index contributed by atoms with van der Waals surface area (Å²) in [6.45, 7) is 3.06. The molecule has 3 N–H and O–H groups in total. The number of nitrogens with one attached hydrogen (secondary N) is 3. The van der Waals surface area contributed by atoms with Crippen LogP contribution in [0.5, 0.6) is 0 Å². The van der Waals surface area contributed by atoms with Gasteiger partial charge in [0.15, 0.2) is 5.96 Å². The van der Waals surface area contributed by atoms with Crippen LogP contribution in [0, 0.1) is 0 Å². The summed E-state index contributed by atoms with van der Waals surface area (Å²) in [4.78, 5) is 8.08. The molecule has 1 rings (SSSR count). The number of nitrogens with zero attached hydrogens (tertiary/aromatic N) is 2. The maximum atomic E-state index is 11.3. The van der Waals surface area contributed by atoms with Crippen molar-refractivity contribution >= 4 is 27.6 Å². The highest BCUT2D eigenvalue weighted by atomic mass is 35.5. The molecule has 0 bridgehead atoms. The van der Waals surface area contributed by atoms with Crippen LogP contribution >= 0.6 is 11.6 Å². The van der Waals surface area contributed by atoms with Crippen molar-refractivity contribution in [1.82, 2.24) is 20.3 Å². The highest BCUT2D eigenvalue weighted by molar-refractivity contribution is 7.89. The highest BCUT2D eigenvalue weighted by Crippen LogP contribution is 2.05. The molecule has 0 saturated carbocycles. The Kier molecular flexibility index (Phi) is 8.15. The van der Waals surface area contributed by atoms with Gasteiger partial charge in [0.1, 0.15) is 5.15 Å². The van der Waals surface area contributed by atoms with E-state index in [-0.39, 0.29) is 5.75 Å². The van der Waals surface area contributed by atoms with Crippen molar-refractivity contribution in [3.63, 3.8) is 0 Å². The molecular weight excluding hydrogens is 326 g/mol. The first-order valence-electron chi connectivity index (χ1n) is 6.99. The van der Waals surface area contributed by atoms with Gasteiger partial charge in [-0.3, -0.25) is 4.99 Å². The molecular formula is C13H22ClN5O2S. The van der Waals surface area contributed by atoms with Crippen LogP contribution in [0.2, 0.25) is 5.15 Å². The minimum Gasteiger partial charge on any atom is -0.356 e. The van der Waals surface area contributed by atoms with Crippen LogP contribution in [0.3, 0.4) is 0 Å². The Morgan fingerprint density at radius 2 is 2.00 bits per heavy atom. The quantitative estimate of drug-likeness (QED) is 0.273. The molecule has 0 radical (unpaired) electrons. The Labute approximate surface area is 136 Å². The summed E-state index contributed by atoms with van der Waals surface area (Å²) >= 11 is 5.73. The van der Waals surface area contributed by atoms with Crippen LogP contribution in [0.25, 0.3) is 0 Å². The summed E-state index contributed by atoms with van der Waals surface area (Å²) in [5, 5.41) is 6.66. The second-order valence-corrected chi connectivity index (χ2v) is 6.95. The lowest BCUT2D eigenvalue weighted by Gasteiger charge is -2.12. The molecule has 0 atom stereocenters. The van der Waals surface area contributed by atoms with Crippen molar-refractivity contribution in [1.29, 1.82) is 0 Å². The Morgan fingerprint density at radius 1 is 1.27 bits per heavy atom. The largest absolute Gasteiger partial charge is 0.356 e. The highest BCUT2D eigenvalue weighted by Gasteiger charge is 2.05. The van der Waals surface area contributed by atoms with Gasteiger partial charge in [0, 0.05) is 32.9 Å². The zero-order valence-electron chi connectivity index (χ0n) is 12.8. The number of sulfonamides is 1. The second kappa shape index (κ2) is 9.60. The Bertz CT molecular complexity index is 575. The monoisotopic (exact) mass is 347 g/mol. The van der Waals surface area contributed by atoms with Gasteiger partial charge in [-0.1, -0.05) is 17.7 Å².